The average molecular weight is 495 g/mol. The van der Waals surface area contributed by atoms with Gasteiger partial charge in [0, 0.05) is 24.0 Å². The summed E-state index contributed by atoms with van der Waals surface area (Å²) >= 11 is 2.88. The predicted molar refractivity (Wildman–Crippen MR) is 123 cm³/mol. The van der Waals surface area contributed by atoms with Crippen molar-refractivity contribution in [3.8, 4) is 0 Å². The van der Waals surface area contributed by atoms with Gasteiger partial charge in [-0.2, -0.15) is 0 Å². The van der Waals surface area contributed by atoms with E-state index in [0.29, 0.717) is 27.7 Å². The van der Waals surface area contributed by atoms with Gasteiger partial charge >= 0.3 is 0 Å². The number of alkyl halides is 2. The fourth-order valence-corrected chi connectivity index (χ4v) is 6.03. The summed E-state index contributed by atoms with van der Waals surface area (Å²) in [7, 11) is 0. The van der Waals surface area contributed by atoms with Gasteiger partial charge in [0.05, 0.1) is 13.1 Å². The minimum Gasteiger partial charge on any atom is -0.374 e. The van der Waals surface area contributed by atoms with E-state index < -0.39 is 12.2 Å². The van der Waals surface area contributed by atoms with E-state index in [1.807, 2.05) is 0 Å². The zero-order valence-electron chi connectivity index (χ0n) is 17.7. The van der Waals surface area contributed by atoms with E-state index in [1.54, 1.807) is 18.2 Å². The Morgan fingerprint density at radius 3 is 2.55 bits per heavy atom. The Balaban J connectivity index is 1.17. The monoisotopic (exact) mass is 494 g/mol. The molecule has 5 rings (SSSR count). The van der Waals surface area contributed by atoms with Crippen LogP contribution in [0, 0.1) is 0 Å². The maximum atomic E-state index is 13.1. The molecular formula is C20H24F2N8OS2. The molecular weight excluding hydrogens is 470 g/mol. The van der Waals surface area contributed by atoms with Crippen LogP contribution in [0.15, 0.2) is 18.2 Å². The van der Waals surface area contributed by atoms with Gasteiger partial charge in [0.15, 0.2) is 0 Å². The van der Waals surface area contributed by atoms with E-state index in [-0.39, 0.29) is 25.4 Å². The van der Waals surface area contributed by atoms with Crippen LogP contribution in [0.1, 0.15) is 53.2 Å². The summed E-state index contributed by atoms with van der Waals surface area (Å²) in [6.45, 7) is -0.654. The summed E-state index contributed by atoms with van der Waals surface area (Å²) in [5.74, 6) is -1.55. The third-order valence-corrected chi connectivity index (χ3v) is 7.85. The second kappa shape index (κ2) is 9.03. The number of hydrogen-bond donors (Lipinski definition) is 3. The zero-order valence-corrected chi connectivity index (χ0v) is 19.3. The van der Waals surface area contributed by atoms with Gasteiger partial charge in [0.2, 0.25) is 10.3 Å². The maximum absolute atomic E-state index is 13.1. The number of rotatable bonds is 7. The van der Waals surface area contributed by atoms with Crippen molar-refractivity contribution in [1.82, 2.24) is 25.4 Å². The lowest BCUT2D eigenvalue weighted by molar-refractivity contribution is -0.0267. The zero-order chi connectivity index (χ0) is 23.0. The van der Waals surface area contributed by atoms with Gasteiger partial charge in [-0.3, -0.25) is 0 Å². The molecule has 9 nitrogen and oxygen atoms in total. The lowest BCUT2D eigenvalue weighted by Gasteiger charge is -2.39. The second-order valence-corrected chi connectivity index (χ2v) is 10.6. The first-order valence-corrected chi connectivity index (χ1v) is 12.4. The van der Waals surface area contributed by atoms with Crippen molar-refractivity contribution in [2.45, 2.75) is 56.1 Å². The smallest absolute Gasteiger partial charge is 0.282 e. The number of nitrogens with one attached hydrogen (secondary N) is 1. The van der Waals surface area contributed by atoms with Crippen LogP contribution in [0.3, 0.4) is 0 Å². The molecule has 1 saturated heterocycles. The first-order valence-electron chi connectivity index (χ1n) is 10.8. The molecule has 2 aliphatic rings. The largest absolute Gasteiger partial charge is 0.374 e. The van der Waals surface area contributed by atoms with Gasteiger partial charge in [0.1, 0.15) is 22.1 Å². The average Bonchev–Trinajstić information content (AvgIpc) is 3.41. The number of nitrogens with zero attached hydrogens (tertiary/aromatic N) is 6. The number of anilines is 3. The highest BCUT2D eigenvalue weighted by molar-refractivity contribution is 7.15. The van der Waals surface area contributed by atoms with Crippen LogP contribution in [0.5, 0.6) is 0 Å². The van der Waals surface area contributed by atoms with Gasteiger partial charge in [-0.25, -0.2) is 13.8 Å². The molecule has 176 valence electrons. The van der Waals surface area contributed by atoms with Gasteiger partial charge in [-0.05, 0) is 31.4 Å². The Hall–Kier alpha value is -2.51. The van der Waals surface area contributed by atoms with Crippen LogP contribution in [0.4, 0.5) is 24.9 Å². The Morgan fingerprint density at radius 1 is 1.12 bits per heavy atom. The fourth-order valence-electron chi connectivity index (χ4n) is 4.33. The molecule has 1 aliphatic heterocycles. The lowest BCUT2D eigenvalue weighted by Crippen LogP contribution is -2.56. The molecule has 4 N–H and O–H groups in total. The van der Waals surface area contributed by atoms with Crippen molar-refractivity contribution in [2.24, 2.45) is 0 Å². The highest BCUT2D eigenvalue weighted by Gasteiger charge is 2.44. The summed E-state index contributed by atoms with van der Waals surface area (Å²) in [5.41, 5.74) is 6.35. The number of aliphatic hydroxyl groups is 1. The van der Waals surface area contributed by atoms with E-state index >= 15 is 0 Å². The number of halogens is 2. The van der Waals surface area contributed by atoms with Crippen LogP contribution < -0.4 is 16.0 Å². The van der Waals surface area contributed by atoms with E-state index in [2.05, 4.69) is 30.7 Å². The third kappa shape index (κ3) is 5.20. The Morgan fingerprint density at radius 2 is 1.85 bits per heavy atom. The first kappa shape index (κ1) is 22.3. The number of nitrogens with two attached hydrogens (primary N) is 1. The SMILES string of the molecule is Nc1nnc([C@H]2CCC[C@H](c3nnc(NC(O)Cc4cccc(N5CC(F)(F)C5)n4)s3)C2)s1. The molecule has 0 radical (unpaired) electrons. The summed E-state index contributed by atoms with van der Waals surface area (Å²) < 4.78 is 26.3. The normalized spacial score (nSPS) is 23.2. The molecule has 13 heteroatoms. The minimum absolute atomic E-state index is 0.219. The van der Waals surface area contributed by atoms with Crippen LogP contribution in [-0.2, 0) is 6.42 Å². The highest BCUT2D eigenvalue weighted by atomic mass is 32.1. The number of hydrogen-bond acceptors (Lipinski definition) is 11. The molecule has 0 spiro atoms. The molecule has 0 amide bonds. The molecule has 0 bridgehead atoms. The van der Waals surface area contributed by atoms with Crippen LogP contribution in [0.25, 0.3) is 0 Å². The second-order valence-electron chi connectivity index (χ2n) is 8.55. The topological polar surface area (TPSA) is 126 Å². The Kier molecular flexibility index (Phi) is 6.10. The maximum Gasteiger partial charge on any atom is 0.282 e. The molecule has 3 aromatic rings. The van der Waals surface area contributed by atoms with E-state index in [4.69, 9.17) is 5.73 Å². The van der Waals surface area contributed by atoms with Gasteiger partial charge < -0.3 is 21.1 Å². The number of nitrogen functional groups attached to an aromatic ring is 1. The summed E-state index contributed by atoms with van der Waals surface area (Å²) in [6.07, 6.45) is 3.40. The first-order chi connectivity index (χ1) is 15.8. The number of aliphatic hydroxyl groups excluding tert-OH is 1. The van der Waals surface area contributed by atoms with Gasteiger partial charge in [0.25, 0.3) is 5.92 Å². The number of pyridine rings is 1. The summed E-state index contributed by atoms with van der Waals surface area (Å²) in [4.78, 5) is 5.92. The highest BCUT2D eigenvalue weighted by Crippen LogP contribution is 2.43. The molecule has 3 atom stereocenters. The molecule has 2 fully saturated rings. The number of aromatic nitrogens is 5. The van der Waals surface area contributed by atoms with Crippen molar-refractivity contribution in [3.63, 3.8) is 0 Å². The molecule has 4 heterocycles. The Bertz CT molecular complexity index is 1100. The van der Waals surface area contributed by atoms with E-state index in [1.165, 1.54) is 27.6 Å². The molecule has 1 aliphatic carbocycles. The van der Waals surface area contributed by atoms with Gasteiger partial charge in [-0.1, -0.05) is 35.2 Å². The molecule has 0 aromatic carbocycles. The van der Waals surface area contributed by atoms with Gasteiger partial charge in [-0.15, -0.1) is 20.4 Å². The molecule has 1 unspecified atom stereocenters. The predicted octanol–water partition coefficient (Wildman–Crippen LogP) is 3.24. The van der Waals surface area contributed by atoms with Crippen molar-refractivity contribution in [2.75, 3.05) is 29.0 Å². The molecule has 3 aromatic heterocycles. The van der Waals surface area contributed by atoms with Crippen LogP contribution in [0.2, 0.25) is 0 Å². The van der Waals surface area contributed by atoms with Crippen LogP contribution in [-0.4, -0.2) is 55.7 Å². The van der Waals surface area contributed by atoms with Crippen molar-refractivity contribution in [1.29, 1.82) is 0 Å². The minimum atomic E-state index is -2.66. The van der Waals surface area contributed by atoms with E-state index in [0.717, 1.165) is 35.7 Å². The summed E-state index contributed by atoms with van der Waals surface area (Å²) in [6, 6.07) is 5.22. The third-order valence-electron chi connectivity index (χ3n) is 5.92. The van der Waals surface area contributed by atoms with Crippen molar-refractivity contribution < 1.29 is 13.9 Å². The molecule has 33 heavy (non-hydrogen) atoms. The fraction of sp³-hybridized carbons (Fsp3) is 0.550. The van der Waals surface area contributed by atoms with E-state index in [9.17, 15) is 13.9 Å². The lowest BCUT2D eigenvalue weighted by atomic mass is 9.82. The standard InChI is InChI=1S/C20H24F2N8OS2/c21-20(22)9-30(10-20)14-6-2-5-13(24-14)8-15(31)25-19-29-27-17(33-19)12-4-1-3-11(7-12)16-26-28-18(23)32-16/h2,5-6,11-12,15,31H,1,3-4,7-10H2,(H2,23,28)(H,25,29)/t11-,12-,15?/m0/s1. The summed E-state index contributed by atoms with van der Waals surface area (Å²) in [5, 5.41) is 33.1. The Labute approximate surface area is 197 Å². The quantitative estimate of drug-likeness (QED) is 0.424. The van der Waals surface area contributed by atoms with Crippen molar-refractivity contribution >= 4 is 38.8 Å². The van der Waals surface area contributed by atoms with Crippen molar-refractivity contribution in [3.05, 3.63) is 33.9 Å². The molecule has 1 saturated carbocycles. The van der Waals surface area contributed by atoms with Crippen LogP contribution >= 0.6 is 22.7 Å².